The molecule has 0 saturated carbocycles. The maximum absolute atomic E-state index is 14.1. The Morgan fingerprint density at radius 2 is 2.05 bits per heavy atom. The molecule has 0 bridgehead atoms. The molecule has 0 spiro atoms. The summed E-state index contributed by atoms with van der Waals surface area (Å²) >= 11 is 5.83. The van der Waals surface area contributed by atoms with Gasteiger partial charge in [-0.05, 0) is 56.6 Å². The van der Waals surface area contributed by atoms with E-state index in [1.54, 1.807) is 18.2 Å². The van der Waals surface area contributed by atoms with E-state index < -0.39 is 11.8 Å². The Bertz CT molecular complexity index is 1320. The second-order valence-corrected chi connectivity index (χ2v) is 10.4. The van der Waals surface area contributed by atoms with E-state index >= 15 is 0 Å². The number of rotatable bonds is 10. The highest BCUT2D eigenvalue weighted by molar-refractivity contribution is 6.30. The van der Waals surface area contributed by atoms with Gasteiger partial charge in [0.25, 0.3) is 0 Å². The Kier molecular flexibility index (Phi) is 8.85. The van der Waals surface area contributed by atoms with E-state index in [0.29, 0.717) is 53.8 Å². The molecule has 11 heteroatoms. The molecule has 1 unspecified atom stereocenters. The lowest BCUT2D eigenvalue weighted by Crippen LogP contribution is -2.34. The second kappa shape index (κ2) is 12.7. The summed E-state index contributed by atoms with van der Waals surface area (Å²) in [6.07, 6.45) is 5.42. The average molecular weight is 556 g/mol. The number of pyridine rings is 1. The third-order valence-electron chi connectivity index (χ3n) is 7.20. The molecule has 2 aliphatic rings. The van der Waals surface area contributed by atoms with Crippen LogP contribution in [0.3, 0.4) is 0 Å². The monoisotopic (exact) mass is 555 g/mol. The van der Waals surface area contributed by atoms with Crippen LogP contribution in [0.1, 0.15) is 48.1 Å². The second-order valence-electron chi connectivity index (χ2n) is 9.96. The van der Waals surface area contributed by atoms with E-state index in [1.165, 1.54) is 12.1 Å². The summed E-state index contributed by atoms with van der Waals surface area (Å²) in [6, 6.07) is 10.2. The summed E-state index contributed by atoms with van der Waals surface area (Å²) in [7, 11) is 0. The molecule has 1 N–H and O–H groups in total. The summed E-state index contributed by atoms with van der Waals surface area (Å²) in [4.78, 5) is 18.1. The number of aromatic nitrogens is 4. The lowest BCUT2D eigenvalue weighted by Gasteiger charge is -2.31. The molecule has 4 heterocycles. The van der Waals surface area contributed by atoms with Crippen molar-refractivity contribution in [3.8, 4) is 5.88 Å². The first-order chi connectivity index (χ1) is 18.9. The minimum Gasteiger partial charge on any atom is -0.478 e. The van der Waals surface area contributed by atoms with E-state index in [-0.39, 0.29) is 6.61 Å². The molecule has 2 aromatic heterocycles. The molecule has 0 radical (unpaired) electrons. The van der Waals surface area contributed by atoms with Crippen LogP contribution in [-0.2, 0) is 29.2 Å². The SMILES string of the molecule is O=C(O)/C=C/c1nnc(CN2CCC(c3cccc(OCc4ccc(Cl)cc4F)n3)CC2)n1CC1CCOC1. The van der Waals surface area contributed by atoms with Gasteiger partial charge in [0.2, 0.25) is 5.88 Å². The van der Waals surface area contributed by atoms with Gasteiger partial charge in [0.1, 0.15) is 18.2 Å². The predicted octanol–water partition coefficient (Wildman–Crippen LogP) is 4.56. The zero-order valence-electron chi connectivity index (χ0n) is 21.5. The van der Waals surface area contributed by atoms with Gasteiger partial charge in [-0.15, -0.1) is 10.2 Å². The van der Waals surface area contributed by atoms with Gasteiger partial charge in [-0.3, -0.25) is 4.90 Å². The topological polar surface area (TPSA) is 103 Å². The van der Waals surface area contributed by atoms with Crippen molar-refractivity contribution >= 4 is 23.6 Å². The number of hydrogen-bond acceptors (Lipinski definition) is 7. The van der Waals surface area contributed by atoms with E-state index in [4.69, 9.17) is 31.2 Å². The van der Waals surface area contributed by atoms with Gasteiger partial charge in [0, 0.05) is 53.4 Å². The molecule has 2 aliphatic heterocycles. The lowest BCUT2D eigenvalue weighted by molar-refractivity contribution is -0.131. The molecule has 1 atom stereocenters. The molecule has 9 nitrogen and oxygen atoms in total. The van der Waals surface area contributed by atoms with E-state index in [0.717, 1.165) is 56.6 Å². The molecular weight excluding hydrogens is 525 g/mol. The van der Waals surface area contributed by atoms with Crippen LogP contribution < -0.4 is 4.74 Å². The quantitative estimate of drug-likeness (QED) is 0.363. The molecule has 1 aromatic carbocycles. The number of likely N-dealkylation sites (tertiary alicyclic amines) is 1. The summed E-state index contributed by atoms with van der Waals surface area (Å²) in [5.41, 5.74) is 1.39. The Morgan fingerprint density at radius 1 is 1.21 bits per heavy atom. The maximum Gasteiger partial charge on any atom is 0.328 e. The lowest BCUT2D eigenvalue weighted by atomic mass is 9.93. The highest BCUT2D eigenvalue weighted by Gasteiger charge is 2.25. The highest BCUT2D eigenvalue weighted by atomic mass is 35.5. The standard InChI is InChI=1S/C28H31ClFN5O4/c29-22-5-4-21(23(30)14-22)18-39-27-3-1-2-24(31-27)20-8-11-34(12-9-20)16-26-33-32-25(6-7-28(36)37)35(26)15-19-10-13-38-17-19/h1-7,14,19-20H,8-13,15-18H2,(H,36,37)/b7-6+. The van der Waals surface area contributed by atoms with Crippen molar-refractivity contribution in [1.82, 2.24) is 24.6 Å². The largest absolute Gasteiger partial charge is 0.478 e. The Balaban J connectivity index is 1.19. The molecule has 2 saturated heterocycles. The van der Waals surface area contributed by atoms with E-state index in [9.17, 15) is 9.18 Å². The van der Waals surface area contributed by atoms with Gasteiger partial charge < -0.3 is 19.1 Å². The Morgan fingerprint density at radius 3 is 2.79 bits per heavy atom. The van der Waals surface area contributed by atoms with Gasteiger partial charge in [-0.25, -0.2) is 14.2 Å². The molecule has 0 aliphatic carbocycles. The fraction of sp³-hybridized carbons (Fsp3) is 0.429. The predicted molar refractivity (Wildman–Crippen MR) is 143 cm³/mol. The van der Waals surface area contributed by atoms with Gasteiger partial charge in [0.15, 0.2) is 5.82 Å². The number of benzene rings is 1. The van der Waals surface area contributed by atoms with Crippen LogP contribution in [0, 0.1) is 11.7 Å². The van der Waals surface area contributed by atoms with Crippen LogP contribution in [-0.4, -0.2) is 62.0 Å². The van der Waals surface area contributed by atoms with Crippen LogP contribution in [0.5, 0.6) is 5.88 Å². The van der Waals surface area contributed by atoms with Crippen molar-refractivity contribution in [3.05, 3.63) is 76.2 Å². The minimum atomic E-state index is -1.02. The number of hydrogen-bond donors (Lipinski definition) is 1. The summed E-state index contributed by atoms with van der Waals surface area (Å²) in [5.74, 6) is 1.08. The van der Waals surface area contributed by atoms with Crippen LogP contribution in [0.25, 0.3) is 6.08 Å². The zero-order valence-corrected chi connectivity index (χ0v) is 22.3. The van der Waals surface area contributed by atoms with Gasteiger partial charge in [0.05, 0.1) is 13.2 Å². The summed E-state index contributed by atoms with van der Waals surface area (Å²) in [6.45, 7) is 4.59. The van der Waals surface area contributed by atoms with E-state index in [1.807, 2.05) is 16.7 Å². The summed E-state index contributed by atoms with van der Waals surface area (Å²) < 4.78 is 27.4. The van der Waals surface area contributed by atoms with Gasteiger partial charge >= 0.3 is 5.97 Å². The molecule has 0 amide bonds. The number of carbonyl (C=O) groups is 1. The molecular formula is C28H31ClFN5O4. The van der Waals surface area contributed by atoms with Crippen LogP contribution in [0.15, 0.2) is 42.5 Å². The van der Waals surface area contributed by atoms with Crippen molar-refractivity contribution in [3.63, 3.8) is 0 Å². The molecule has 5 rings (SSSR count). The molecule has 39 heavy (non-hydrogen) atoms. The normalized spacial score (nSPS) is 18.7. The third kappa shape index (κ3) is 7.20. The minimum absolute atomic E-state index is 0.0786. The number of carboxylic acid groups (broad SMARTS) is 1. The number of ether oxygens (including phenoxy) is 2. The van der Waals surface area contributed by atoms with Crippen molar-refractivity contribution in [2.45, 2.75) is 44.9 Å². The van der Waals surface area contributed by atoms with Crippen LogP contribution in [0.4, 0.5) is 4.39 Å². The van der Waals surface area contributed by atoms with Crippen molar-refractivity contribution < 1.29 is 23.8 Å². The number of piperidine rings is 1. The van der Waals surface area contributed by atoms with Crippen LogP contribution >= 0.6 is 11.6 Å². The molecule has 3 aromatic rings. The number of nitrogens with zero attached hydrogens (tertiary/aromatic N) is 5. The molecule has 206 valence electrons. The highest BCUT2D eigenvalue weighted by Crippen LogP contribution is 2.29. The first-order valence-electron chi connectivity index (χ1n) is 13.1. The van der Waals surface area contributed by atoms with Gasteiger partial charge in [-0.1, -0.05) is 23.7 Å². The van der Waals surface area contributed by atoms with Crippen molar-refractivity contribution in [1.29, 1.82) is 0 Å². The van der Waals surface area contributed by atoms with Crippen molar-refractivity contribution in [2.24, 2.45) is 5.92 Å². The summed E-state index contributed by atoms with van der Waals surface area (Å²) in [5, 5.41) is 18.1. The fourth-order valence-electron chi connectivity index (χ4n) is 5.04. The fourth-order valence-corrected chi connectivity index (χ4v) is 5.19. The average Bonchev–Trinajstić information content (AvgIpc) is 3.58. The van der Waals surface area contributed by atoms with Crippen molar-refractivity contribution in [2.75, 3.05) is 26.3 Å². The Labute approximate surface area is 231 Å². The first kappa shape index (κ1) is 27.2. The third-order valence-corrected chi connectivity index (χ3v) is 7.44. The van der Waals surface area contributed by atoms with E-state index in [2.05, 4.69) is 15.1 Å². The maximum atomic E-state index is 14.1. The number of aliphatic carboxylic acids is 1. The number of halogens is 2. The Hall–Kier alpha value is -3.34. The number of carboxylic acids is 1. The first-order valence-corrected chi connectivity index (χ1v) is 13.5. The van der Waals surface area contributed by atoms with Gasteiger partial charge in [-0.2, -0.15) is 0 Å². The molecule has 2 fully saturated rings. The zero-order chi connectivity index (χ0) is 27.2. The van der Waals surface area contributed by atoms with Crippen LogP contribution in [0.2, 0.25) is 5.02 Å². The smallest absolute Gasteiger partial charge is 0.328 e.